The monoisotopic (exact) mass is 588 g/mol. The lowest BCUT2D eigenvalue weighted by atomic mass is 9.99. The number of halogens is 1. The number of fused-ring (bicyclic) bond motifs is 2. The standard InChI is InChI=1S/C26H21IN8O/c1-14-10-23(34-32-14)30-24-20-11-15(18-5-3-2-4-16(18)13-27)6-9-21(20)29-26(31-24)28-17-7-8-19-22(12-17)33-35-25(19)36/h2-12H,13H2,1H3,(H2,33,35,36)(H3,28,29,30,31,32,34). The van der Waals surface area contributed by atoms with E-state index in [0.717, 1.165) is 32.3 Å². The highest BCUT2D eigenvalue weighted by molar-refractivity contribution is 14.1. The van der Waals surface area contributed by atoms with Crippen LogP contribution >= 0.6 is 22.6 Å². The first-order valence-corrected chi connectivity index (χ1v) is 12.8. The molecule has 3 aromatic heterocycles. The van der Waals surface area contributed by atoms with Crippen LogP contribution in [0.1, 0.15) is 11.3 Å². The molecule has 0 saturated heterocycles. The van der Waals surface area contributed by atoms with E-state index < -0.39 is 0 Å². The Morgan fingerprint density at radius 3 is 2.64 bits per heavy atom. The van der Waals surface area contributed by atoms with Crippen molar-refractivity contribution in [2.75, 3.05) is 10.6 Å². The van der Waals surface area contributed by atoms with Crippen molar-refractivity contribution in [3.8, 4) is 11.1 Å². The Morgan fingerprint density at radius 2 is 1.81 bits per heavy atom. The van der Waals surface area contributed by atoms with E-state index >= 15 is 0 Å². The molecule has 3 heterocycles. The molecule has 0 unspecified atom stereocenters. The van der Waals surface area contributed by atoms with E-state index in [1.165, 1.54) is 11.1 Å². The van der Waals surface area contributed by atoms with E-state index in [9.17, 15) is 4.79 Å². The highest BCUT2D eigenvalue weighted by Gasteiger charge is 2.13. The number of alkyl halides is 1. The second kappa shape index (κ2) is 9.11. The number of benzene rings is 3. The summed E-state index contributed by atoms with van der Waals surface area (Å²) < 4.78 is 0.916. The summed E-state index contributed by atoms with van der Waals surface area (Å²) in [5.41, 5.74) is 6.59. The second-order valence-electron chi connectivity index (χ2n) is 8.44. The lowest BCUT2D eigenvalue weighted by Gasteiger charge is -2.13. The number of aryl methyl sites for hydroxylation is 1. The molecule has 0 bridgehead atoms. The van der Waals surface area contributed by atoms with E-state index in [4.69, 9.17) is 9.97 Å². The number of nitrogens with zero attached hydrogens (tertiary/aromatic N) is 3. The molecule has 0 radical (unpaired) electrons. The predicted molar refractivity (Wildman–Crippen MR) is 152 cm³/mol. The van der Waals surface area contributed by atoms with Crippen LogP contribution in [0.2, 0.25) is 0 Å². The van der Waals surface area contributed by atoms with Gasteiger partial charge < -0.3 is 10.6 Å². The fourth-order valence-electron chi connectivity index (χ4n) is 4.21. The number of nitrogens with one attached hydrogen (secondary N) is 5. The van der Waals surface area contributed by atoms with Crippen molar-refractivity contribution in [1.29, 1.82) is 0 Å². The smallest absolute Gasteiger partial charge is 0.271 e. The molecule has 0 aliphatic heterocycles. The van der Waals surface area contributed by atoms with E-state index in [1.807, 2.05) is 31.2 Å². The maximum atomic E-state index is 11.8. The van der Waals surface area contributed by atoms with Gasteiger partial charge in [-0.1, -0.05) is 52.9 Å². The first-order valence-electron chi connectivity index (χ1n) is 11.3. The maximum Gasteiger partial charge on any atom is 0.271 e. The maximum absolute atomic E-state index is 11.8. The molecular weight excluding hydrogens is 567 g/mol. The van der Waals surface area contributed by atoms with Crippen molar-refractivity contribution >= 4 is 67.7 Å². The van der Waals surface area contributed by atoms with Gasteiger partial charge >= 0.3 is 0 Å². The minimum Gasteiger partial charge on any atom is -0.324 e. The van der Waals surface area contributed by atoms with Crippen LogP contribution in [0.4, 0.5) is 23.3 Å². The Hall–Kier alpha value is -4.19. The van der Waals surface area contributed by atoms with E-state index in [0.29, 0.717) is 28.5 Å². The molecule has 0 amide bonds. The minimum absolute atomic E-state index is 0.153. The number of hydrogen-bond donors (Lipinski definition) is 5. The van der Waals surface area contributed by atoms with Gasteiger partial charge in [0.1, 0.15) is 5.82 Å². The fraction of sp³-hybridized carbons (Fsp3) is 0.0769. The number of hydrogen-bond acceptors (Lipinski definition) is 6. The molecule has 0 aliphatic rings. The summed E-state index contributed by atoms with van der Waals surface area (Å²) in [6.45, 7) is 1.95. The quantitative estimate of drug-likeness (QED) is 0.122. The second-order valence-corrected chi connectivity index (χ2v) is 9.21. The van der Waals surface area contributed by atoms with Crippen LogP contribution in [-0.4, -0.2) is 30.4 Å². The average molecular weight is 588 g/mol. The third-order valence-corrected chi connectivity index (χ3v) is 6.77. The van der Waals surface area contributed by atoms with E-state index in [1.54, 1.807) is 6.07 Å². The molecule has 0 spiro atoms. The Bertz CT molecular complexity index is 1780. The van der Waals surface area contributed by atoms with Crippen LogP contribution in [0.3, 0.4) is 0 Å². The Morgan fingerprint density at radius 1 is 0.917 bits per heavy atom. The molecule has 0 fully saturated rings. The zero-order chi connectivity index (χ0) is 24.6. The zero-order valence-electron chi connectivity index (χ0n) is 19.2. The molecule has 0 atom stereocenters. The number of aromatic nitrogens is 6. The SMILES string of the molecule is Cc1cc(Nc2nc(Nc3ccc4c(=O)[nH][nH]c4c3)nc3ccc(-c4ccccc4CI)cc23)n[nH]1. The average Bonchev–Trinajstić information content (AvgIpc) is 3.48. The predicted octanol–water partition coefficient (Wildman–Crippen LogP) is 5.92. The summed E-state index contributed by atoms with van der Waals surface area (Å²) in [5.74, 6) is 1.73. The van der Waals surface area contributed by atoms with Crippen molar-refractivity contribution in [1.82, 2.24) is 30.4 Å². The molecular formula is C26H21IN8O. The molecule has 5 N–H and O–H groups in total. The summed E-state index contributed by atoms with van der Waals surface area (Å²) in [5, 5.41) is 20.8. The van der Waals surface area contributed by atoms with Crippen LogP contribution in [0.15, 0.2) is 71.5 Å². The molecule has 178 valence electrons. The third-order valence-electron chi connectivity index (χ3n) is 5.95. The van der Waals surface area contributed by atoms with Crippen LogP contribution in [0.25, 0.3) is 32.9 Å². The summed E-state index contributed by atoms with van der Waals surface area (Å²) in [6, 6.07) is 22.0. The summed E-state index contributed by atoms with van der Waals surface area (Å²) in [6.07, 6.45) is 0. The highest BCUT2D eigenvalue weighted by atomic mass is 127. The Labute approximate surface area is 218 Å². The molecule has 3 aromatic carbocycles. The van der Waals surface area contributed by atoms with Crippen LogP contribution in [0, 0.1) is 6.92 Å². The Balaban J connectivity index is 1.45. The molecule has 6 aromatic rings. The highest BCUT2D eigenvalue weighted by Crippen LogP contribution is 2.32. The summed E-state index contributed by atoms with van der Waals surface area (Å²) in [7, 11) is 0. The number of rotatable bonds is 6. The number of H-pyrrole nitrogens is 3. The van der Waals surface area contributed by atoms with E-state index in [-0.39, 0.29) is 5.56 Å². The zero-order valence-corrected chi connectivity index (χ0v) is 21.3. The third kappa shape index (κ3) is 4.19. The molecule has 36 heavy (non-hydrogen) atoms. The fourth-order valence-corrected chi connectivity index (χ4v) is 4.88. The van der Waals surface area contributed by atoms with Gasteiger partial charge in [-0.3, -0.25) is 20.1 Å². The van der Waals surface area contributed by atoms with E-state index in [2.05, 4.69) is 90.0 Å². The number of anilines is 4. The summed E-state index contributed by atoms with van der Waals surface area (Å²) >= 11 is 2.39. The van der Waals surface area contributed by atoms with Gasteiger partial charge in [-0.05, 0) is 53.9 Å². The lowest BCUT2D eigenvalue weighted by Crippen LogP contribution is -2.03. The van der Waals surface area contributed by atoms with Gasteiger partial charge in [0.2, 0.25) is 5.95 Å². The Kier molecular flexibility index (Phi) is 5.64. The van der Waals surface area contributed by atoms with Crippen LogP contribution in [0.5, 0.6) is 0 Å². The van der Waals surface area contributed by atoms with Crippen molar-refractivity contribution in [3.63, 3.8) is 0 Å². The van der Waals surface area contributed by atoms with Crippen LogP contribution < -0.4 is 16.2 Å². The number of aromatic amines is 3. The minimum atomic E-state index is -0.153. The van der Waals surface area contributed by atoms with Crippen molar-refractivity contribution < 1.29 is 0 Å². The van der Waals surface area contributed by atoms with Gasteiger partial charge in [0, 0.05) is 27.3 Å². The van der Waals surface area contributed by atoms with Gasteiger partial charge in [-0.2, -0.15) is 10.1 Å². The molecule has 9 nitrogen and oxygen atoms in total. The normalized spacial score (nSPS) is 11.3. The van der Waals surface area contributed by atoms with Gasteiger partial charge in [-0.25, -0.2) is 4.98 Å². The van der Waals surface area contributed by atoms with Crippen molar-refractivity contribution in [2.45, 2.75) is 11.4 Å². The van der Waals surface area contributed by atoms with Gasteiger partial charge in [0.25, 0.3) is 5.56 Å². The van der Waals surface area contributed by atoms with Gasteiger partial charge in [0.15, 0.2) is 5.82 Å². The van der Waals surface area contributed by atoms with Crippen molar-refractivity contribution in [3.05, 3.63) is 88.3 Å². The molecule has 0 aliphatic carbocycles. The largest absolute Gasteiger partial charge is 0.324 e. The van der Waals surface area contributed by atoms with Gasteiger partial charge in [0.05, 0.1) is 16.4 Å². The van der Waals surface area contributed by atoms with Gasteiger partial charge in [-0.15, -0.1) is 0 Å². The molecule has 6 rings (SSSR count). The van der Waals surface area contributed by atoms with Crippen LogP contribution in [-0.2, 0) is 4.43 Å². The first-order chi connectivity index (χ1) is 17.6. The van der Waals surface area contributed by atoms with Crippen molar-refractivity contribution in [2.24, 2.45) is 0 Å². The molecule has 10 heteroatoms. The lowest BCUT2D eigenvalue weighted by molar-refractivity contribution is 1.05. The molecule has 0 saturated carbocycles. The summed E-state index contributed by atoms with van der Waals surface area (Å²) in [4.78, 5) is 21.4. The topological polar surface area (TPSA) is 127 Å². The first kappa shape index (κ1) is 22.3.